The highest BCUT2D eigenvalue weighted by Crippen LogP contribution is 2.41. The van der Waals surface area contributed by atoms with Gasteiger partial charge in [-0.1, -0.05) is 41.9 Å². The number of hydrogen-bond donors (Lipinski definition) is 2. The summed E-state index contributed by atoms with van der Waals surface area (Å²) < 4.78 is 27.9. The van der Waals surface area contributed by atoms with Gasteiger partial charge in [0.1, 0.15) is 12.3 Å². The summed E-state index contributed by atoms with van der Waals surface area (Å²) in [6, 6.07) is 19.3. The molecule has 0 amide bonds. The zero-order valence-corrected chi connectivity index (χ0v) is 20.1. The Labute approximate surface area is 209 Å². The molecule has 178 valence electrons. The largest absolute Gasteiger partial charge is 0.384 e. The second kappa shape index (κ2) is 9.65. The number of aliphatic hydroxyl groups excluding tert-OH is 1. The van der Waals surface area contributed by atoms with Gasteiger partial charge in [0.2, 0.25) is 0 Å². The lowest BCUT2D eigenvalue weighted by atomic mass is 9.91. The number of allylic oxidation sites excluding steroid dienone is 1. The molecule has 0 aliphatic carbocycles. The van der Waals surface area contributed by atoms with E-state index in [1.165, 1.54) is 10.5 Å². The average Bonchev–Trinajstić information content (AvgIpc) is 3.29. The van der Waals surface area contributed by atoms with Gasteiger partial charge in [-0.05, 0) is 54.1 Å². The lowest BCUT2D eigenvalue weighted by Gasteiger charge is -2.27. The topological polar surface area (TPSA) is 94.9 Å². The van der Waals surface area contributed by atoms with Crippen molar-refractivity contribution in [2.75, 3.05) is 5.32 Å². The number of aliphatic imine (C=N–C) groups is 1. The Morgan fingerprint density at radius 1 is 1.06 bits per heavy atom. The minimum Gasteiger partial charge on any atom is -0.384 e. The van der Waals surface area contributed by atoms with E-state index in [2.05, 4.69) is 15.3 Å². The van der Waals surface area contributed by atoms with Crippen molar-refractivity contribution in [2.45, 2.75) is 23.7 Å². The van der Waals surface area contributed by atoms with Crippen molar-refractivity contribution in [3.63, 3.8) is 0 Å². The fraction of sp³-hybridized carbons (Fsp3) is 0.154. The number of hydrogen-bond acceptors (Lipinski definition) is 6. The van der Waals surface area contributed by atoms with E-state index in [-0.39, 0.29) is 10.8 Å². The Hall–Kier alpha value is -3.46. The maximum Gasteiger partial charge on any atom is 0.265 e. The summed E-state index contributed by atoms with van der Waals surface area (Å²) in [7, 11) is -3.83. The van der Waals surface area contributed by atoms with Gasteiger partial charge >= 0.3 is 0 Å². The first-order valence-electron chi connectivity index (χ1n) is 11.1. The Morgan fingerprint density at radius 3 is 2.54 bits per heavy atom. The molecule has 3 aromatic rings. The molecule has 5 rings (SSSR count). The molecule has 7 nitrogen and oxygen atoms in total. The SMILES string of the molecule is O=S(=O)(c1ccccc1)N1C=C(C(O)c2ccc(CNc3ccc(Cl)cc3)nc2)C2C=CC=NC21. The molecule has 0 radical (unpaired) electrons. The van der Waals surface area contributed by atoms with E-state index in [1.54, 1.807) is 54.9 Å². The minimum absolute atomic E-state index is 0.176. The van der Waals surface area contributed by atoms with Gasteiger partial charge in [-0.3, -0.25) is 9.98 Å². The smallest absolute Gasteiger partial charge is 0.265 e. The standard InChI is InChI=1S/C26H23ClN4O3S/c27-19-9-12-20(13-10-19)30-16-21-11-8-18(15-29-21)25(32)24-17-31(26-23(24)7-4-14-28-26)35(33,34)22-5-2-1-3-6-22/h1-15,17,23,25-26,30,32H,16H2. The van der Waals surface area contributed by atoms with E-state index in [9.17, 15) is 13.5 Å². The summed E-state index contributed by atoms with van der Waals surface area (Å²) in [4.78, 5) is 9.05. The number of dihydropyridines is 1. The van der Waals surface area contributed by atoms with Crippen molar-refractivity contribution in [2.24, 2.45) is 10.9 Å². The van der Waals surface area contributed by atoms with E-state index in [0.717, 1.165) is 11.4 Å². The molecule has 9 heteroatoms. The van der Waals surface area contributed by atoms with Crippen LogP contribution >= 0.6 is 11.6 Å². The number of aromatic nitrogens is 1. The van der Waals surface area contributed by atoms with Gasteiger partial charge in [0.25, 0.3) is 10.0 Å². The van der Waals surface area contributed by atoms with Crippen molar-refractivity contribution in [3.05, 3.63) is 113 Å². The van der Waals surface area contributed by atoms with Gasteiger partial charge in [-0.2, -0.15) is 0 Å². The predicted molar refractivity (Wildman–Crippen MR) is 136 cm³/mol. The summed E-state index contributed by atoms with van der Waals surface area (Å²) >= 11 is 5.92. The maximum absolute atomic E-state index is 13.3. The molecular weight excluding hydrogens is 484 g/mol. The number of rotatable bonds is 7. The number of pyridine rings is 1. The van der Waals surface area contributed by atoms with Crippen LogP contribution in [0.3, 0.4) is 0 Å². The van der Waals surface area contributed by atoms with Crippen LogP contribution in [-0.2, 0) is 16.6 Å². The number of nitrogens with zero attached hydrogens (tertiary/aromatic N) is 3. The Kier molecular flexibility index (Phi) is 6.42. The molecule has 3 unspecified atom stereocenters. The van der Waals surface area contributed by atoms with Gasteiger partial charge in [-0.25, -0.2) is 12.7 Å². The van der Waals surface area contributed by atoms with Crippen molar-refractivity contribution in [1.29, 1.82) is 0 Å². The lowest BCUT2D eigenvalue weighted by molar-refractivity contribution is 0.204. The highest BCUT2D eigenvalue weighted by atomic mass is 35.5. The average molecular weight is 507 g/mol. The van der Waals surface area contributed by atoms with E-state index in [1.807, 2.05) is 36.4 Å². The van der Waals surface area contributed by atoms with Crippen molar-refractivity contribution < 1.29 is 13.5 Å². The maximum atomic E-state index is 13.3. The molecule has 0 spiro atoms. The summed E-state index contributed by atoms with van der Waals surface area (Å²) in [5, 5.41) is 15.1. The molecule has 0 saturated heterocycles. The summed E-state index contributed by atoms with van der Waals surface area (Å²) in [5.41, 5.74) is 2.85. The molecule has 2 aromatic carbocycles. The lowest BCUT2D eigenvalue weighted by Crippen LogP contribution is -2.36. The van der Waals surface area contributed by atoms with E-state index >= 15 is 0 Å². The van der Waals surface area contributed by atoms with Crippen LogP contribution in [0.1, 0.15) is 17.4 Å². The van der Waals surface area contributed by atoms with Crippen LogP contribution in [0.4, 0.5) is 5.69 Å². The molecule has 3 heterocycles. The second-order valence-corrected chi connectivity index (χ2v) is 10.5. The number of anilines is 1. The number of sulfonamides is 1. The van der Waals surface area contributed by atoms with Crippen LogP contribution in [0.15, 0.2) is 107 Å². The molecule has 0 saturated carbocycles. The Balaban J connectivity index is 1.36. The van der Waals surface area contributed by atoms with Crippen molar-refractivity contribution in [3.8, 4) is 0 Å². The third kappa shape index (κ3) is 4.73. The van der Waals surface area contributed by atoms with E-state index in [0.29, 0.717) is 22.7 Å². The molecule has 0 fully saturated rings. The van der Waals surface area contributed by atoms with Crippen LogP contribution in [-0.4, -0.2) is 35.2 Å². The van der Waals surface area contributed by atoms with Crippen LogP contribution in [0.5, 0.6) is 0 Å². The summed E-state index contributed by atoms with van der Waals surface area (Å²) in [6.45, 7) is 0.506. The van der Waals surface area contributed by atoms with Gasteiger partial charge in [-0.15, -0.1) is 0 Å². The minimum atomic E-state index is -3.83. The third-order valence-electron chi connectivity index (χ3n) is 6.00. The van der Waals surface area contributed by atoms with Gasteiger partial charge in [0.05, 0.1) is 17.1 Å². The van der Waals surface area contributed by atoms with E-state index < -0.39 is 22.3 Å². The Morgan fingerprint density at radius 2 is 1.83 bits per heavy atom. The highest BCUT2D eigenvalue weighted by Gasteiger charge is 2.43. The molecule has 3 atom stereocenters. The molecule has 1 aromatic heterocycles. The van der Waals surface area contributed by atoms with Crippen molar-refractivity contribution >= 4 is 33.5 Å². The number of nitrogens with one attached hydrogen (secondary N) is 1. The second-order valence-electron chi connectivity index (χ2n) is 8.25. The number of halogens is 1. The van der Waals surface area contributed by atoms with Crippen LogP contribution < -0.4 is 5.32 Å². The zero-order valence-electron chi connectivity index (χ0n) is 18.6. The summed E-state index contributed by atoms with van der Waals surface area (Å²) in [6.07, 6.45) is 6.64. The normalized spacial score (nSPS) is 19.8. The fourth-order valence-electron chi connectivity index (χ4n) is 4.15. The van der Waals surface area contributed by atoms with Crippen molar-refractivity contribution in [1.82, 2.24) is 9.29 Å². The first-order valence-corrected chi connectivity index (χ1v) is 12.9. The van der Waals surface area contributed by atoms with Gasteiger partial charge in [0.15, 0.2) is 0 Å². The quantitative estimate of drug-likeness (QED) is 0.490. The molecular formula is C26H23ClN4O3S. The molecule has 2 aliphatic rings. The van der Waals surface area contributed by atoms with Gasteiger partial charge < -0.3 is 10.4 Å². The molecule has 2 aliphatic heterocycles. The molecule has 35 heavy (non-hydrogen) atoms. The molecule has 2 N–H and O–H groups in total. The Bertz CT molecular complexity index is 1390. The van der Waals surface area contributed by atoms with Crippen LogP contribution in [0, 0.1) is 5.92 Å². The first kappa shape index (κ1) is 23.3. The first-order chi connectivity index (χ1) is 16.9. The molecule has 0 bridgehead atoms. The number of benzene rings is 2. The highest BCUT2D eigenvalue weighted by molar-refractivity contribution is 7.89. The predicted octanol–water partition coefficient (Wildman–Crippen LogP) is 4.55. The number of fused-ring (bicyclic) bond motifs is 1. The zero-order chi connectivity index (χ0) is 24.4. The third-order valence-corrected chi connectivity index (χ3v) is 8.00. The fourth-order valence-corrected chi connectivity index (χ4v) is 5.75. The van der Waals surface area contributed by atoms with Crippen LogP contribution in [0.25, 0.3) is 0 Å². The van der Waals surface area contributed by atoms with E-state index in [4.69, 9.17) is 11.6 Å². The summed E-state index contributed by atoms with van der Waals surface area (Å²) in [5.74, 6) is -0.375. The van der Waals surface area contributed by atoms with Crippen LogP contribution in [0.2, 0.25) is 5.02 Å². The number of aliphatic hydroxyl groups is 1. The van der Waals surface area contributed by atoms with Gasteiger partial charge in [0, 0.05) is 40.8 Å². The monoisotopic (exact) mass is 506 g/mol.